The zero-order chi connectivity index (χ0) is 21.4. The number of hydrogen-bond donors (Lipinski definition) is 0. The standard InChI is InChI=1S/C22H25N3O5S/c1-27-16-3-4-19(28-2)17(12-16)18-13-25-15(14-31-21(25)23-18)11-20(26)24-7-5-22(6-8-24)29-9-10-30-22/h3-4,12-14H,5-11H2,1-2H3. The van der Waals surface area contributed by atoms with Crippen molar-refractivity contribution in [3.8, 4) is 22.8 Å². The molecule has 0 saturated carbocycles. The number of thiazole rings is 1. The van der Waals surface area contributed by atoms with Gasteiger partial charge in [0.25, 0.3) is 0 Å². The van der Waals surface area contributed by atoms with Crippen LogP contribution >= 0.6 is 11.3 Å². The van der Waals surface area contributed by atoms with Gasteiger partial charge in [-0.2, -0.15) is 0 Å². The number of rotatable bonds is 5. The number of likely N-dealkylation sites (tertiary alicyclic amines) is 1. The fourth-order valence-corrected chi connectivity index (χ4v) is 5.12. The van der Waals surface area contributed by atoms with Gasteiger partial charge in [0.05, 0.1) is 39.5 Å². The van der Waals surface area contributed by atoms with E-state index in [4.69, 9.17) is 23.9 Å². The lowest BCUT2D eigenvalue weighted by Gasteiger charge is -2.37. The highest BCUT2D eigenvalue weighted by Crippen LogP contribution is 2.34. The molecule has 1 aromatic carbocycles. The highest BCUT2D eigenvalue weighted by atomic mass is 32.1. The Morgan fingerprint density at radius 3 is 2.68 bits per heavy atom. The lowest BCUT2D eigenvalue weighted by atomic mass is 10.0. The molecule has 2 aliphatic rings. The van der Waals surface area contributed by atoms with E-state index < -0.39 is 5.79 Å². The van der Waals surface area contributed by atoms with Gasteiger partial charge in [-0.15, -0.1) is 11.3 Å². The summed E-state index contributed by atoms with van der Waals surface area (Å²) in [6, 6.07) is 5.63. The Balaban J connectivity index is 1.34. The van der Waals surface area contributed by atoms with Crippen molar-refractivity contribution in [2.24, 2.45) is 0 Å². The summed E-state index contributed by atoms with van der Waals surface area (Å²) >= 11 is 1.53. The molecule has 0 aliphatic carbocycles. The number of piperidine rings is 1. The van der Waals surface area contributed by atoms with E-state index in [0.29, 0.717) is 32.7 Å². The second kappa shape index (κ2) is 8.14. The van der Waals surface area contributed by atoms with E-state index in [1.807, 2.05) is 39.1 Å². The quantitative estimate of drug-likeness (QED) is 0.604. The first-order valence-corrected chi connectivity index (χ1v) is 11.2. The van der Waals surface area contributed by atoms with Crippen LogP contribution in [-0.4, -0.2) is 66.5 Å². The molecule has 1 spiro atoms. The van der Waals surface area contributed by atoms with Gasteiger partial charge < -0.3 is 23.8 Å². The van der Waals surface area contributed by atoms with Gasteiger partial charge in [0.1, 0.15) is 11.5 Å². The molecular weight excluding hydrogens is 418 g/mol. The van der Waals surface area contributed by atoms with Crippen molar-refractivity contribution in [3.63, 3.8) is 0 Å². The van der Waals surface area contributed by atoms with E-state index in [-0.39, 0.29) is 5.91 Å². The lowest BCUT2D eigenvalue weighted by Crippen LogP contribution is -2.47. The fourth-order valence-electron chi connectivity index (χ4n) is 4.25. The number of carbonyl (C=O) groups is 1. The van der Waals surface area contributed by atoms with Crippen LogP contribution in [0.4, 0.5) is 0 Å². The molecule has 5 rings (SSSR count). The normalized spacial score (nSPS) is 18.1. The minimum Gasteiger partial charge on any atom is -0.497 e. The third-order valence-electron chi connectivity index (χ3n) is 5.99. The fraction of sp³-hybridized carbons (Fsp3) is 0.455. The molecule has 1 amide bonds. The molecular formula is C22H25N3O5S. The van der Waals surface area contributed by atoms with E-state index in [0.717, 1.165) is 46.3 Å². The first-order chi connectivity index (χ1) is 15.1. The number of imidazole rings is 1. The predicted octanol–water partition coefficient (Wildman–Crippen LogP) is 2.99. The molecule has 9 heteroatoms. The molecule has 0 radical (unpaired) electrons. The highest BCUT2D eigenvalue weighted by Gasteiger charge is 2.40. The van der Waals surface area contributed by atoms with Crippen LogP contribution in [0, 0.1) is 0 Å². The first kappa shape index (κ1) is 20.3. The highest BCUT2D eigenvalue weighted by molar-refractivity contribution is 7.15. The summed E-state index contributed by atoms with van der Waals surface area (Å²) in [5.74, 6) is 1.10. The maximum absolute atomic E-state index is 13.0. The van der Waals surface area contributed by atoms with Gasteiger partial charge in [-0.05, 0) is 18.2 Å². The van der Waals surface area contributed by atoms with E-state index in [1.54, 1.807) is 14.2 Å². The summed E-state index contributed by atoms with van der Waals surface area (Å²) in [6.45, 7) is 2.59. The smallest absolute Gasteiger partial charge is 0.228 e. The van der Waals surface area contributed by atoms with Crippen molar-refractivity contribution in [2.45, 2.75) is 25.0 Å². The maximum Gasteiger partial charge on any atom is 0.228 e. The van der Waals surface area contributed by atoms with Crippen molar-refractivity contribution < 1.29 is 23.7 Å². The van der Waals surface area contributed by atoms with Crippen LogP contribution in [-0.2, 0) is 20.7 Å². The van der Waals surface area contributed by atoms with Crippen LogP contribution in [0.1, 0.15) is 18.5 Å². The second-order valence-electron chi connectivity index (χ2n) is 7.74. The molecule has 2 aromatic heterocycles. The summed E-state index contributed by atoms with van der Waals surface area (Å²) in [6.07, 6.45) is 3.74. The number of aromatic nitrogens is 2. The molecule has 3 aromatic rings. The topological polar surface area (TPSA) is 74.5 Å². The summed E-state index contributed by atoms with van der Waals surface area (Å²) in [5, 5.41) is 2.00. The molecule has 2 fully saturated rings. The number of methoxy groups -OCH3 is 2. The average molecular weight is 444 g/mol. The van der Waals surface area contributed by atoms with Crippen molar-refractivity contribution >= 4 is 22.2 Å². The van der Waals surface area contributed by atoms with Gasteiger partial charge in [0.2, 0.25) is 5.91 Å². The van der Waals surface area contributed by atoms with E-state index >= 15 is 0 Å². The number of benzene rings is 1. The Labute approximate surface area is 184 Å². The van der Waals surface area contributed by atoms with Crippen molar-refractivity contribution in [2.75, 3.05) is 40.5 Å². The molecule has 0 atom stereocenters. The van der Waals surface area contributed by atoms with E-state index in [9.17, 15) is 4.79 Å². The molecule has 2 aliphatic heterocycles. The maximum atomic E-state index is 13.0. The van der Waals surface area contributed by atoms with Crippen molar-refractivity contribution in [1.82, 2.24) is 14.3 Å². The number of fused-ring (bicyclic) bond motifs is 1. The zero-order valence-corrected chi connectivity index (χ0v) is 18.4. The first-order valence-electron chi connectivity index (χ1n) is 10.3. The van der Waals surface area contributed by atoms with E-state index in [1.165, 1.54) is 11.3 Å². The number of carbonyl (C=O) groups excluding carboxylic acids is 1. The van der Waals surface area contributed by atoms with E-state index in [2.05, 4.69) is 0 Å². The van der Waals surface area contributed by atoms with Crippen LogP contribution in [0.3, 0.4) is 0 Å². The van der Waals surface area contributed by atoms with Crippen LogP contribution in [0.2, 0.25) is 0 Å². The van der Waals surface area contributed by atoms with Gasteiger partial charge in [0.15, 0.2) is 10.7 Å². The third-order valence-corrected chi connectivity index (χ3v) is 6.88. The minimum absolute atomic E-state index is 0.113. The third kappa shape index (κ3) is 3.77. The molecule has 164 valence electrons. The molecule has 0 unspecified atom stereocenters. The van der Waals surface area contributed by atoms with Crippen molar-refractivity contribution in [1.29, 1.82) is 0 Å². The lowest BCUT2D eigenvalue weighted by molar-refractivity contribution is -0.187. The van der Waals surface area contributed by atoms with Crippen LogP contribution in [0.15, 0.2) is 29.8 Å². The molecule has 8 nitrogen and oxygen atoms in total. The predicted molar refractivity (Wildman–Crippen MR) is 116 cm³/mol. The summed E-state index contributed by atoms with van der Waals surface area (Å²) < 4.78 is 24.4. The zero-order valence-electron chi connectivity index (χ0n) is 17.6. The summed E-state index contributed by atoms with van der Waals surface area (Å²) in [7, 11) is 3.27. The van der Waals surface area contributed by atoms with Crippen molar-refractivity contribution in [3.05, 3.63) is 35.5 Å². The molecule has 0 bridgehead atoms. The van der Waals surface area contributed by atoms with Gasteiger partial charge in [-0.25, -0.2) is 4.98 Å². The number of hydrogen-bond acceptors (Lipinski definition) is 7. The van der Waals surface area contributed by atoms with Gasteiger partial charge in [0, 0.05) is 48.8 Å². The van der Waals surface area contributed by atoms with Gasteiger partial charge in [-0.3, -0.25) is 9.20 Å². The Morgan fingerprint density at radius 2 is 1.97 bits per heavy atom. The average Bonchev–Trinajstić information content (AvgIpc) is 3.51. The van der Waals surface area contributed by atoms with Gasteiger partial charge >= 0.3 is 0 Å². The Kier molecular flexibility index (Phi) is 5.33. The summed E-state index contributed by atoms with van der Waals surface area (Å²) in [4.78, 5) is 20.4. The number of ether oxygens (including phenoxy) is 4. The van der Waals surface area contributed by atoms with Crippen LogP contribution in [0.25, 0.3) is 16.2 Å². The summed E-state index contributed by atoms with van der Waals surface area (Å²) in [5.41, 5.74) is 2.57. The SMILES string of the molecule is COc1ccc(OC)c(-c2cn3c(CC(=O)N4CCC5(CC4)OCCO5)csc3n2)c1. The largest absolute Gasteiger partial charge is 0.497 e. The Bertz CT molecular complexity index is 1090. The molecule has 4 heterocycles. The van der Waals surface area contributed by atoms with Crippen LogP contribution < -0.4 is 9.47 Å². The molecule has 2 saturated heterocycles. The Morgan fingerprint density at radius 1 is 1.19 bits per heavy atom. The number of nitrogens with zero attached hydrogens (tertiary/aromatic N) is 3. The number of amides is 1. The van der Waals surface area contributed by atoms with Crippen LogP contribution in [0.5, 0.6) is 11.5 Å². The second-order valence-corrected chi connectivity index (χ2v) is 8.57. The molecule has 0 N–H and O–H groups in total. The molecule has 31 heavy (non-hydrogen) atoms. The minimum atomic E-state index is -0.471. The van der Waals surface area contributed by atoms with Gasteiger partial charge in [-0.1, -0.05) is 0 Å². The monoisotopic (exact) mass is 443 g/mol. The Hall–Kier alpha value is -2.62.